The molecule has 2 heterocycles. The molecule has 12 heteroatoms. The number of amides is 1. The van der Waals surface area contributed by atoms with E-state index in [1.165, 1.54) is 47.0 Å². The number of methoxy groups -OCH3 is 2. The molecule has 10 nitrogen and oxygen atoms in total. The first-order chi connectivity index (χ1) is 16.3. The highest BCUT2D eigenvalue weighted by atomic mass is 32.2. The number of morpholine rings is 1. The minimum atomic E-state index is -3.66. The molecule has 34 heavy (non-hydrogen) atoms. The zero-order chi connectivity index (χ0) is 24.3. The van der Waals surface area contributed by atoms with Gasteiger partial charge in [-0.3, -0.25) is 9.59 Å². The number of aromatic nitrogens is 1. The number of ether oxygens (including phenoxy) is 3. The molecule has 180 valence electrons. The molecule has 0 spiro atoms. The maximum absolute atomic E-state index is 12.9. The van der Waals surface area contributed by atoms with E-state index in [1.54, 1.807) is 29.9 Å². The van der Waals surface area contributed by atoms with E-state index in [0.29, 0.717) is 29.3 Å². The third-order valence-electron chi connectivity index (χ3n) is 5.31. The lowest BCUT2D eigenvalue weighted by atomic mass is 10.2. The van der Waals surface area contributed by atoms with E-state index < -0.39 is 21.9 Å². The average molecular weight is 506 g/mol. The number of carbonyl (C=O) groups is 2. The second-order valence-electron chi connectivity index (χ2n) is 7.34. The zero-order valence-electron chi connectivity index (χ0n) is 18.6. The lowest BCUT2D eigenvalue weighted by Crippen LogP contribution is -2.40. The van der Waals surface area contributed by atoms with Crippen molar-refractivity contribution in [3.05, 3.63) is 52.8 Å². The number of fused-ring (bicyclic) bond motifs is 1. The average Bonchev–Trinajstić information content (AvgIpc) is 3.20. The number of hydrogen-bond donors (Lipinski definition) is 0. The molecule has 0 radical (unpaired) electrons. The van der Waals surface area contributed by atoms with Gasteiger partial charge in [0.25, 0.3) is 5.91 Å². The van der Waals surface area contributed by atoms with Crippen LogP contribution < -0.4 is 9.54 Å². The van der Waals surface area contributed by atoms with E-state index in [4.69, 9.17) is 14.2 Å². The van der Waals surface area contributed by atoms with E-state index in [2.05, 4.69) is 4.99 Å². The zero-order valence-corrected chi connectivity index (χ0v) is 20.2. The predicted molar refractivity (Wildman–Crippen MR) is 124 cm³/mol. The summed E-state index contributed by atoms with van der Waals surface area (Å²) in [7, 11) is -0.827. The normalized spacial score (nSPS) is 15.4. The standard InChI is InChI=1S/C22H23N3O7S2/c1-30-16-5-8-18-19(13-16)33-22(25(18)14-20(26)31-2)23-21(27)15-3-6-17(7-4-15)34(28,29)24-9-11-32-12-10-24/h3-8,13H,9-12,14H2,1-2H3. The van der Waals surface area contributed by atoms with Crippen LogP contribution >= 0.6 is 11.3 Å². The molecule has 0 N–H and O–H groups in total. The van der Waals surface area contributed by atoms with E-state index >= 15 is 0 Å². The van der Waals surface area contributed by atoms with Crippen molar-refractivity contribution >= 4 is 43.5 Å². The maximum atomic E-state index is 12.9. The van der Waals surface area contributed by atoms with Gasteiger partial charge in [-0.25, -0.2) is 8.42 Å². The van der Waals surface area contributed by atoms with Crippen molar-refractivity contribution in [3.63, 3.8) is 0 Å². The van der Waals surface area contributed by atoms with Crippen molar-refractivity contribution in [2.24, 2.45) is 4.99 Å². The molecule has 0 unspecified atom stereocenters. The Labute approximate surface area is 200 Å². The number of benzene rings is 2. The quantitative estimate of drug-likeness (QED) is 0.468. The SMILES string of the molecule is COC(=O)Cn1c(=NC(=O)c2ccc(S(=O)(=O)N3CCOCC3)cc2)sc2cc(OC)ccc21. The van der Waals surface area contributed by atoms with Gasteiger partial charge in [-0.2, -0.15) is 9.30 Å². The Morgan fingerprint density at radius 3 is 2.44 bits per heavy atom. The van der Waals surface area contributed by atoms with Crippen LogP contribution in [0.4, 0.5) is 0 Å². The molecule has 3 aromatic rings. The fourth-order valence-electron chi connectivity index (χ4n) is 3.47. The van der Waals surface area contributed by atoms with Crippen LogP contribution in [0, 0.1) is 0 Å². The van der Waals surface area contributed by atoms with Crippen molar-refractivity contribution < 1.29 is 32.2 Å². The van der Waals surface area contributed by atoms with E-state index in [1.807, 2.05) is 0 Å². The Morgan fingerprint density at radius 1 is 1.09 bits per heavy atom. The van der Waals surface area contributed by atoms with E-state index in [9.17, 15) is 18.0 Å². The van der Waals surface area contributed by atoms with Crippen molar-refractivity contribution in [2.45, 2.75) is 11.4 Å². The van der Waals surface area contributed by atoms with Crippen molar-refractivity contribution in [1.29, 1.82) is 0 Å². The van der Waals surface area contributed by atoms with Gasteiger partial charge in [0.1, 0.15) is 12.3 Å². The predicted octanol–water partition coefficient (Wildman–Crippen LogP) is 1.65. The summed E-state index contributed by atoms with van der Waals surface area (Å²) < 4.78 is 44.6. The van der Waals surface area contributed by atoms with Gasteiger partial charge in [0.05, 0.1) is 42.5 Å². The number of esters is 1. The van der Waals surface area contributed by atoms with Gasteiger partial charge in [-0.05, 0) is 42.5 Å². The van der Waals surface area contributed by atoms with Crippen molar-refractivity contribution in [1.82, 2.24) is 8.87 Å². The van der Waals surface area contributed by atoms with E-state index in [0.717, 1.165) is 4.70 Å². The van der Waals surface area contributed by atoms with Gasteiger partial charge in [0, 0.05) is 18.7 Å². The first-order valence-corrected chi connectivity index (χ1v) is 12.6. The van der Waals surface area contributed by atoms with Gasteiger partial charge in [0.15, 0.2) is 4.80 Å². The molecule has 2 aromatic carbocycles. The fraction of sp³-hybridized carbons (Fsp3) is 0.318. The number of sulfonamides is 1. The number of thiazole rings is 1. The summed E-state index contributed by atoms with van der Waals surface area (Å²) in [6.07, 6.45) is 0. The van der Waals surface area contributed by atoms with Gasteiger partial charge in [-0.15, -0.1) is 0 Å². The highest BCUT2D eigenvalue weighted by molar-refractivity contribution is 7.89. The minimum absolute atomic E-state index is 0.0978. The summed E-state index contributed by atoms with van der Waals surface area (Å²) in [5.74, 6) is -0.413. The first kappa shape index (κ1) is 24.1. The fourth-order valence-corrected chi connectivity index (χ4v) is 5.93. The molecule has 1 amide bonds. The van der Waals surface area contributed by atoms with Crippen LogP contribution in [0.25, 0.3) is 10.2 Å². The van der Waals surface area contributed by atoms with Gasteiger partial charge in [-0.1, -0.05) is 11.3 Å². The monoisotopic (exact) mass is 505 g/mol. The van der Waals surface area contributed by atoms with Crippen molar-refractivity contribution in [2.75, 3.05) is 40.5 Å². The summed E-state index contributed by atoms with van der Waals surface area (Å²) in [6, 6.07) is 11.0. The van der Waals surface area contributed by atoms with Crippen LogP contribution in [0.1, 0.15) is 10.4 Å². The topological polar surface area (TPSA) is 117 Å². The first-order valence-electron chi connectivity index (χ1n) is 10.3. The summed E-state index contributed by atoms with van der Waals surface area (Å²) in [5, 5.41) is 0. The molecule has 0 atom stereocenters. The highest BCUT2D eigenvalue weighted by Crippen LogP contribution is 2.23. The molecular weight excluding hydrogens is 482 g/mol. The largest absolute Gasteiger partial charge is 0.497 e. The Bertz CT molecular complexity index is 1390. The Balaban J connectivity index is 1.67. The molecule has 1 saturated heterocycles. The van der Waals surface area contributed by atoms with Crippen LogP contribution in [-0.2, 0) is 30.8 Å². The van der Waals surface area contributed by atoms with Gasteiger partial charge in [0.2, 0.25) is 10.0 Å². The lowest BCUT2D eigenvalue weighted by molar-refractivity contribution is -0.141. The van der Waals surface area contributed by atoms with Gasteiger partial charge >= 0.3 is 5.97 Å². The molecule has 0 bridgehead atoms. The number of rotatable bonds is 6. The minimum Gasteiger partial charge on any atom is -0.497 e. The molecule has 1 aliphatic heterocycles. The Kier molecular flexibility index (Phi) is 7.12. The molecule has 4 rings (SSSR count). The Morgan fingerprint density at radius 2 is 1.79 bits per heavy atom. The summed E-state index contributed by atoms with van der Waals surface area (Å²) in [6.45, 7) is 1.15. The smallest absolute Gasteiger partial charge is 0.325 e. The Hall–Kier alpha value is -3.06. The van der Waals surface area contributed by atoms with Crippen molar-refractivity contribution in [3.8, 4) is 5.75 Å². The number of carbonyl (C=O) groups excluding carboxylic acids is 2. The molecule has 1 fully saturated rings. The highest BCUT2D eigenvalue weighted by Gasteiger charge is 2.26. The summed E-state index contributed by atoms with van der Waals surface area (Å²) >= 11 is 1.23. The second-order valence-corrected chi connectivity index (χ2v) is 10.3. The number of hydrogen-bond acceptors (Lipinski definition) is 8. The maximum Gasteiger partial charge on any atom is 0.325 e. The summed E-state index contributed by atoms with van der Waals surface area (Å²) in [5.41, 5.74) is 0.926. The molecule has 1 aliphatic rings. The van der Waals surface area contributed by atoms with Gasteiger partial charge < -0.3 is 18.8 Å². The molecular formula is C22H23N3O7S2. The third-order valence-corrected chi connectivity index (χ3v) is 8.27. The van der Waals surface area contributed by atoms with Crippen LogP contribution in [-0.4, -0.2) is 69.7 Å². The van der Waals surface area contributed by atoms with E-state index in [-0.39, 0.29) is 30.1 Å². The van der Waals surface area contributed by atoms with Crippen LogP contribution in [0.15, 0.2) is 52.4 Å². The molecule has 1 aromatic heterocycles. The third kappa shape index (κ3) is 4.89. The molecule has 0 saturated carbocycles. The summed E-state index contributed by atoms with van der Waals surface area (Å²) in [4.78, 5) is 29.5. The van der Waals surface area contributed by atoms with Crippen LogP contribution in [0.3, 0.4) is 0 Å². The molecule has 0 aliphatic carbocycles. The number of nitrogens with zero attached hydrogens (tertiary/aromatic N) is 3. The van der Waals surface area contributed by atoms with Crippen LogP contribution in [0.2, 0.25) is 0 Å². The lowest BCUT2D eigenvalue weighted by Gasteiger charge is -2.26. The van der Waals surface area contributed by atoms with Crippen LogP contribution in [0.5, 0.6) is 5.75 Å². The second kappa shape index (κ2) is 10.1.